The Labute approximate surface area is 116 Å². The monoisotopic (exact) mass is 269 g/mol. The Balaban J connectivity index is 1.65. The van der Waals surface area contributed by atoms with Gasteiger partial charge in [-0.15, -0.1) is 0 Å². The van der Waals surface area contributed by atoms with E-state index in [1.54, 1.807) is 0 Å². The van der Waals surface area contributed by atoms with Gasteiger partial charge in [-0.2, -0.15) is 0 Å². The van der Waals surface area contributed by atoms with Gasteiger partial charge in [0.2, 0.25) is 5.91 Å². The van der Waals surface area contributed by atoms with Crippen LogP contribution in [0.15, 0.2) is 0 Å². The van der Waals surface area contributed by atoms with E-state index in [0.29, 0.717) is 12.5 Å². The summed E-state index contributed by atoms with van der Waals surface area (Å²) in [5.74, 6) is 0.902. The van der Waals surface area contributed by atoms with Gasteiger partial charge in [-0.25, -0.2) is 0 Å². The van der Waals surface area contributed by atoms with E-state index in [4.69, 9.17) is 4.74 Å². The highest BCUT2D eigenvalue weighted by atomic mass is 16.5. The maximum absolute atomic E-state index is 12.1. The molecule has 0 aliphatic carbocycles. The maximum Gasteiger partial charge on any atom is 0.236 e. The van der Waals surface area contributed by atoms with E-state index in [-0.39, 0.29) is 5.91 Å². The first-order chi connectivity index (χ1) is 9.29. The lowest BCUT2D eigenvalue weighted by Gasteiger charge is -2.29. The van der Waals surface area contributed by atoms with Crippen molar-refractivity contribution in [1.29, 1.82) is 0 Å². The van der Waals surface area contributed by atoms with Gasteiger partial charge >= 0.3 is 0 Å². The van der Waals surface area contributed by atoms with Crippen molar-refractivity contribution in [2.75, 3.05) is 59.0 Å². The Bertz CT molecular complexity index is 280. The predicted octanol–water partition coefficient (Wildman–Crippen LogP) is 0.167. The maximum atomic E-state index is 12.1. The lowest BCUT2D eigenvalue weighted by atomic mass is 10.1. The minimum Gasteiger partial charge on any atom is -0.381 e. The summed E-state index contributed by atoms with van der Waals surface area (Å²) in [4.78, 5) is 16.4. The van der Waals surface area contributed by atoms with Gasteiger partial charge in [-0.05, 0) is 25.3 Å². The fraction of sp³-hybridized carbons (Fsp3) is 0.929. The predicted molar refractivity (Wildman–Crippen MR) is 75.1 cm³/mol. The molecule has 0 spiro atoms. The molecule has 2 heterocycles. The number of hydrogen-bond donors (Lipinski definition) is 1. The number of nitrogens with zero attached hydrogens (tertiary/aromatic N) is 2. The Morgan fingerprint density at radius 2 is 2.11 bits per heavy atom. The first kappa shape index (κ1) is 14.8. The fourth-order valence-corrected chi connectivity index (χ4v) is 2.79. The molecule has 0 aromatic rings. The van der Waals surface area contributed by atoms with Crippen molar-refractivity contribution < 1.29 is 9.53 Å². The van der Waals surface area contributed by atoms with Gasteiger partial charge in [-0.1, -0.05) is 6.92 Å². The minimum absolute atomic E-state index is 0.289. The van der Waals surface area contributed by atoms with Crippen molar-refractivity contribution in [3.63, 3.8) is 0 Å². The summed E-state index contributed by atoms with van der Waals surface area (Å²) in [6.07, 6.45) is 2.25. The first-order valence-corrected chi connectivity index (χ1v) is 7.58. The number of nitrogens with one attached hydrogen (secondary N) is 1. The molecule has 0 saturated carbocycles. The summed E-state index contributed by atoms with van der Waals surface area (Å²) in [6, 6.07) is 0. The Hall–Kier alpha value is -0.650. The molecule has 2 aliphatic heterocycles. The summed E-state index contributed by atoms with van der Waals surface area (Å²) in [7, 11) is 0. The second-order valence-corrected chi connectivity index (χ2v) is 5.60. The van der Waals surface area contributed by atoms with Crippen LogP contribution in [0.5, 0.6) is 0 Å². The highest BCUT2D eigenvalue weighted by Gasteiger charge is 2.26. The quantitative estimate of drug-likeness (QED) is 0.698. The van der Waals surface area contributed by atoms with E-state index in [0.717, 1.165) is 58.9 Å². The van der Waals surface area contributed by atoms with Crippen LogP contribution in [0.1, 0.15) is 19.8 Å². The molecule has 0 aromatic heterocycles. The van der Waals surface area contributed by atoms with Crippen LogP contribution in [0.3, 0.4) is 0 Å². The lowest BCUT2D eigenvalue weighted by molar-refractivity contribution is -0.132. The van der Waals surface area contributed by atoms with Gasteiger partial charge in [0.1, 0.15) is 0 Å². The SMILES string of the molecule is CCCOC[C@H]1CCN(CC(=O)N2CCNCC2)C1. The summed E-state index contributed by atoms with van der Waals surface area (Å²) >= 11 is 0. The van der Waals surface area contributed by atoms with Gasteiger partial charge < -0.3 is 15.0 Å². The second-order valence-electron chi connectivity index (χ2n) is 5.60. The number of carbonyl (C=O) groups excluding carboxylic acids is 1. The molecule has 2 fully saturated rings. The molecular formula is C14H27N3O2. The summed E-state index contributed by atoms with van der Waals surface area (Å²) in [5, 5.41) is 3.27. The van der Waals surface area contributed by atoms with E-state index in [1.165, 1.54) is 6.42 Å². The van der Waals surface area contributed by atoms with E-state index >= 15 is 0 Å². The van der Waals surface area contributed by atoms with Crippen LogP contribution in [0.25, 0.3) is 0 Å². The van der Waals surface area contributed by atoms with E-state index < -0.39 is 0 Å². The molecule has 2 saturated heterocycles. The standard InChI is InChI=1S/C14H27N3O2/c1-2-9-19-12-13-3-6-16(10-13)11-14(18)17-7-4-15-5-8-17/h13,15H,2-12H2,1H3/t13-/m0/s1. The zero-order valence-electron chi connectivity index (χ0n) is 12.1. The number of piperazine rings is 1. The smallest absolute Gasteiger partial charge is 0.236 e. The molecule has 110 valence electrons. The molecular weight excluding hydrogens is 242 g/mol. The van der Waals surface area contributed by atoms with Gasteiger partial charge in [-0.3, -0.25) is 9.69 Å². The molecule has 0 aromatic carbocycles. The van der Waals surface area contributed by atoms with E-state index in [9.17, 15) is 4.79 Å². The third-order valence-corrected chi connectivity index (χ3v) is 3.90. The Morgan fingerprint density at radius 3 is 2.84 bits per heavy atom. The molecule has 1 atom stereocenters. The normalized spacial score (nSPS) is 24.9. The highest BCUT2D eigenvalue weighted by Crippen LogP contribution is 2.16. The molecule has 0 unspecified atom stereocenters. The largest absolute Gasteiger partial charge is 0.381 e. The van der Waals surface area contributed by atoms with Crippen LogP contribution in [0.4, 0.5) is 0 Å². The van der Waals surface area contributed by atoms with Gasteiger partial charge in [0.25, 0.3) is 0 Å². The summed E-state index contributed by atoms with van der Waals surface area (Å²) < 4.78 is 5.61. The Kier molecular flexibility index (Phi) is 6.07. The van der Waals surface area contributed by atoms with Crippen LogP contribution in [0, 0.1) is 5.92 Å². The summed E-state index contributed by atoms with van der Waals surface area (Å²) in [6.45, 7) is 10.1. The molecule has 5 nitrogen and oxygen atoms in total. The lowest BCUT2D eigenvalue weighted by Crippen LogP contribution is -2.49. The van der Waals surface area contributed by atoms with Crippen LogP contribution in [-0.2, 0) is 9.53 Å². The van der Waals surface area contributed by atoms with E-state index in [2.05, 4.69) is 17.1 Å². The molecule has 1 N–H and O–H groups in total. The third kappa shape index (κ3) is 4.75. The van der Waals surface area contributed by atoms with Crippen molar-refractivity contribution in [2.24, 2.45) is 5.92 Å². The fourth-order valence-electron chi connectivity index (χ4n) is 2.79. The number of rotatable bonds is 6. The van der Waals surface area contributed by atoms with Gasteiger partial charge in [0, 0.05) is 39.3 Å². The Morgan fingerprint density at radius 1 is 1.32 bits per heavy atom. The van der Waals surface area contributed by atoms with Gasteiger partial charge in [0.15, 0.2) is 0 Å². The van der Waals surface area contributed by atoms with Crippen molar-refractivity contribution in [1.82, 2.24) is 15.1 Å². The molecule has 2 rings (SSSR count). The third-order valence-electron chi connectivity index (χ3n) is 3.90. The van der Waals surface area contributed by atoms with E-state index in [1.807, 2.05) is 4.90 Å². The van der Waals surface area contributed by atoms with Crippen molar-refractivity contribution >= 4 is 5.91 Å². The van der Waals surface area contributed by atoms with Gasteiger partial charge in [0.05, 0.1) is 13.2 Å². The average molecular weight is 269 g/mol. The number of hydrogen-bond acceptors (Lipinski definition) is 4. The molecule has 5 heteroatoms. The van der Waals surface area contributed by atoms with Crippen LogP contribution in [-0.4, -0.2) is 74.7 Å². The molecule has 19 heavy (non-hydrogen) atoms. The molecule has 2 aliphatic rings. The second kappa shape index (κ2) is 7.82. The molecule has 0 radical (unpaired) electrons. The topological polar surface area (TPSA) is 44.8 Å². The number of amides is 1. The van der Waals surface area contributed by atoms with Crippen molar-refractivity contribution in [2.45, 2.75) is 19.8 Å². The number of ether oxygens (including phenoxy) is 1. The van der Waals surface area contributed by atoms with Crippen molar-refractivity contribution in [3.05, 3.63) is 0 Å². The highest BCUT2D eigenvalue weighted by molar-refractivity contribution is 5.78. The molecule has 1 amide bonds. The average Bonchev–Trinajstić information content (AvgIpc) is 2.88. The van der Waals surface area contributed by atoms with Crippen LogP contribution >= 0.6 is 0 Å². The molecule has 0 bridgehead atoms. The zero-order valence-corrected chi connectivity index (χ0v) is 12.1. The zero-order chi connectivity index (χ0) is 13.5. The summed E-state index contributed by atoms with van der Waals surface area (Å²) in [5.41, 5.74) is 0. The van der Waals surface area contributed by atoms with Crippen molar-refractivity contribution in [3.8, 4) is 0 Å². The number of likely N-dealkylation sites (tertiary alicyclic amines) is 1. The minimum atomic E-state index is 0.289. The number of carbonyl (C=O) groups is 1. The van der Waals surface area contributed by atoms with Crippen LogP contribution in [0.2, 0.25) is 0 Å². The first-order valence-electron chi connectivity index (χ1n) is 7.58. The van der Waals surface area contributed by atoms with Crippen LogP contribution < -0.4 is 5.32 Å².